The largest absolute Gasteiger partial charge is 0.494 e. The first-order valence-corrected chi connectivity index (χ1v) is 9.80. The van der Waals surface area contributed by atoms with Crippen molar-refractivity contribution in [3.63, 3.8) is 0 Å². The van der Waals surface area contributed by atoms with Gasteiger partial charge < -0.3 is 31.2 Å². The van der Waals surface area contributed by atoms with E-state index < -0.39 is 11.9 Å². The summed E-state index contributed by atoms with van der Waals surface area (Å²) in [6.07, 6.45) is 0. The van der Waals surface area contributed by atoms with Gasteiger partial charge >= 0.3 is 11.9 Å². The highest BCUT2D eigenvalue weighted by molar-refractivity contribution is 5.91. The van der Waals surface area contributed by atoms with Crippen molar-refractivity contribution in [1.29, 1.82) is 0 Å². The predicted octanol–water partition coefficient (Wildman–Crippen LogP) is 4.42. The Bertz CT molecular complexity index is 875. The van der Waals surface area contributed by atoms with Crippen LogP contribution in [0.1, 0.15) is 34.6 Å². The molecule has 0 bridgehead atoms. The Morgan fingerprint density at radius 2 is 0.906 bits per heavy atom. The summed E-state index contributed by atoms with van der Waals surface area (Å²) in [5.74, 6) is -0.382. The van der Waals surface area contributed by atoms with E-state index in [1.165, 1.54) is 24.3 Å². The maximum atomic E-state index is 10.3. The van der Waals surface area contributed by atoms with Gasteiger partial charge in [0.2, 0.25) is 0 Å². The van der Waals surface area contributed by atoms with E-state index in [0.717, 1.165) is 22.9 Å². The number of carbonyl (C=O) groups is 2. The molecule has 0 amide bonds. The Kier molecular flexibility index (Phi) is 11.2. The Balaban J connectivity index is 0.000000241. The van der Waals surface area contributed by atoms with Crippen LogP contribution in [-0.4, -0.2) is 35.4 Å². The molecule has 32 heavy (non-hydrogen) atoms. The fraction of sp³-hybridized carbons (Fsp3) is 0.167. The second kappa shape index (κ2) is 13.9. The smallest absolute Gasteiger partial charge is 0.335 e. The molecule has 0 aliphatic heterocycles. The van der Waals surface area contributed by atoms with Gasteiger partial charge in [0.1, 0.15) is 11.5 Å². The molecule has 3 aromatic carbocycles. The number of hydrogen-bond acceptors (Lipinski definition) is 6. The molecule has 8 heteroatoms. The summed E-state index contributed by atoms with van der Waals surface area (Å²) >= 11 is 0. The number of carboxylic acids is 2. The lowest BCUT2D eigenvalue weighted by atomic mass is 10.1. The SMILES string of the molecule is CCOc1ccc(N)cc1.CCOc1ccc(N)cc1.O=C(O)c1ccc(C(=O)O)cc1. The molecular formula is C24H28N2O6. The van der Waals surface area contributed by atoms with E-state index in [-0.39, 0.29) is 11.1 Å². The van der Waals surface area contributed by atoms with Gasteiger partial charge in [-0.1, -0.05) is 0 Å². The van der Waals surface area contributed by atoms with Crippen molar-refractivity contribution < 1.29 is 29.3 Å². The number of aromatic carboxylic acids is 2. The minimum Gasteiger partial charge on any atom is -0.494 e. The van der Waals surface area contributed by atoms with E-state index in [1.807, 2.05) is 62.4 Å². The molecule has 0 atom stereocenters. The zero-order chi connectivity index (χ0) is 23.9. The van der Waals surface area contributed by atoms with Gasteiger partial charge in [-0.2, -0.15) is 0 Å². The van der Waals surface area contributed by atoms with Gasteiger partial charge in [0.25, 0.3) is 0 Å². The van der Waals surface area contributed by atoms with Crippen molar-refractivity contribution in [2.45, 2.75) is 13.8 Å². The molecule has 0 aliphatic carbocycles. The van der Waals surface area contributed by atoms with E-state index in [1.54, 1.807) is 0 Å². The monoisotopic (exact) mass is 440 g/mol. The highest BCUT2D eigenvalue weighted by Crippen LogP contribution is 2.13. The highest BCUT2D eigenvalue weighted by Gasteiger charge is 2.04. The summed E-state index contributed by atoms with van der Waals surface area (Å²) in [7, 11) is 0. The van der Waals surface area contributed by atoms with E-state index >= 15 is 0 Å². The maximum Gasteiger partial charge on any atom is 0.335 e. The number of rotatable bonds is 6. The molecular weight excluding hydrogens is 412 g/mol. The van der Waals surface area contributed by atoms with Gasteiger partial charge in [-0.3, -0.25) is 0 Å². The molecule has 0 saturated carbocycles. The molecule has 0 aliphatic rings. The third-order valence-electron chi connectivity index (χ3n) is 3.76. The van der Waals surface area contributed by atoms with Gasteiger partial charge in [-0.05, 0) is 86.6 Å². The van der Waals surface area contributed by atoms with Crippen molar-refractivity contribution in [3.8, 4) is 11.5 Å². The zero-order valence-corrected chi connectivity index (χ0v) is 18.0. The van der Waals surface area contributed by atoms with Crippen LogP contribution in [0.5, 0.6) is 11.5 Å². The maximum absolute atomic E-state index is 10.3. The van der Waals surface area contributed by atoms with Crippen molar-refractivity contribution in [1.82, 2.24) is 0 Å². The predicted molar refractivity (Wildman–Crippen MR) is 124 cm³/mol. The van der Waals surface area contributed by atoms with E-state index in [2.05, 4.69) is 0 Å². The summed E-state index contributed by atoms with van der Waals surface area (Å²) in [6, 6.07) is 19.8. The molecule has 3 rings (SSSR count). The van der Waals surface area contributed by atoms with Gasteiger partial charge in [-0.15, -0.1) is 0 Å². The molecule has 0 spiro atoms. The van der Waals surface area contributed by atoms with Gasteiger partial charge in [0.05, 0.1) is 24.3 Å². The van der Waals surface area contributed by atoms with Crippen LogP contribution >= 0.6 is 0 Å². The lowest BCUT2D eigenvalue weighted by molar-refractivity contribution is 0.0681. The Morgan fingerprint density at radius 3 is 1.12 bits per heavy atom. The minimum absolute atomic E-state index is 0.0833. The zero-order valence-electron chi connectivity index (χ0n) is 18.0. The molecule has 0 heterocycles. The Morgan fingerprint density at radius 1 is 0.625 bits per heavy atom. The quantitative estimate of drug-likeness (QED) is 0.412. The van der Waals surface area contributed by atoms with Crippen LogP contribution in [-0.2, 0) is 0 Å². The van der Waals surface area contributed by atoms with Crippen molar-refractivity contribution in [3.05, 3.63) is 83.9 Å². The van der Waals surface area contributed by atoms with Gasteiger partial charge in [0.15, 0.2) is 0 Å². The molecule has 170 valence electrons. The highest BCUT2D eigenvalue weighted by atomic mass is 16.5. The molecule has 0 fully saturated rings. The van der Waals surface area contributed by atoms with Crippen LogP contribution in [0.2, 0.25) is 0 Å². The number of anilines is 2. The fourth-order valence-corrected chi connectivity index (χ4v) is 2.22. The van der Waals surface area contributed by atoms with Gasteiger partial charge in [-0.25, -0.2) is 9.59 Å². The Labute approximate surface area is 187 Å². The molecule has 0 radical (unpaired) electrons. The lowest BCUT2D eigenvalue weighted by Gasteiger charge is -2.01. The molecule has 0 unspecified atom stereocenters. The van der Waals surface area contributed by atoms with Crippen LogP contribution < -0.4 is 20.9 Å². The summed E-state index contributed by atoms with van der Waals surface area (Å²) in [4.78, 5) is 20.7. The average molecular weight is 440 g/mol. The number of nitrogen functional groups attached to an aromatic ring is 2. The third kappa shape index (κ3) is 10.0. The van der Waals surface area contributed by atoms with E-state index in [4.69, 9.17) is 31.2 Å². The van der Waals surface area contributed by atoms with E-state index in [0.29, 0.717) is 13.2 Å². The van der Waals surface area contributed by atoms with Crippen LogP contribution in [0.4, 0.5) is 11.4 Å². The second-order valence-corrected chi connectivity index (χ2v) is 6.19. The number of benzene rings is 3. The fourth-order valence-electron chi connectivity index (χ4n) is 2.22. The minimum atomic E-state index is -1.06. The molecule has 0 aromatic heterocycles. The van der Waals surface area contributed by atoms with E-state index in [9.17, 15) is 9.59 Å². The van der Waals surface area contributed by atoms with Crippen molar-refractivity contribution >= 4 is 23.3 Å². The van der Waals surface area contributed by atoms with Crippen molar-refractivity contribution in [2.75, 3.05) is 24.7 Å². The topological polar surface area (TPSA) is 145 Å². The molecule has 8 nitrogen and oxygen atoms in total. The summed E-state index contributed by atoms with van der Waals surface area (Å²) in [5.41, 5.74) is 12.6. The Hall–Kier alpha value is -4.20. The summed E-state index contributed by atoms with van der Waals surface area (Å²) < 4.78 is 10.4. The van der Waals surface area contributed by atoms with Crippen LogP contribution in [0.25, 0.3) is 0 Å². The number of carboxylic acid groups (broad SMARTS) is 2. The number of hydrogen-bond donors (Lipinski definition) is 4. The first kappa shape index (κ1) is 25.8. The summed E-state index contributed by atoms with van der Waals surface area (Å²) in [5, 5.41) is 16.9. The summed E-state index contributed by atoms with van der Waals surface area (Å²) in [6.45, 7) is 5.31. The second-order valence-electron chi connectivity index (χ2n) is 6.19. The van der Waals surface area contributed by atoms with Gasteiger partial charge in [0, 0.05) is 11.4 Å². The first-order valence-electron chi connectivity index (χ1n) is 9.80. The molecule has 6 N–H and O–H groups in total. The van der Waals surface area contributed by atoms with Crippen LogP contribution in [0, 0.1) is 0 Å². The number of nitrogens with two attached hydrogens (primary N) is 2. The molecule has 3 aromatic rings. The average Bonchev–Trinajstić information content (AvgIpc) is 2.78. The third-order valence-corrected chi connectivity index (χ3v) is 3.76. The van der Waals surface area contributed by atoms with Crippen molar-refractivity contribution in [2.24, 2.45) is 0 Å². The molecule has 0 saturated heterocycles. The van der Waals surface area contributed by atoms with Crippen LogP contribution in [0.3, 0.4) is 0 Å². The standard InChI is InChI=1S/2C8H11NO.C8H6O4/c2*1-2-10-8-5-3-7(9)4-6-8;9-7(10)5-1-2-6(4-3-5)8(11)12/h2*3-6H,2,9H2,1H3;1-4H,(H,9,10)(H,11,12). The number of ether oxygens (including phenoxy) is 2. The lowest BCUT2D eigenvalue weighted by Crippen LogP contribution is -1.99. The normalized spacial score (nSPS) is 9.31. The first-order chi connectivity index (χ1) is 15.3. The van der Waals surface area contributed by atoms with Crippen LogP contribution in [0.15, 0.2) is 72.8 Å².